The number of para-hydroxylation sites is 2. The van der Waals surface area contributed by atoms with Crippen LogP contribution in [0, 0.1) is 72.3 Å². The molecule has 630 valence electrons. The van der Waals surface area contributed by atoms with Crippen molar-refractivity contribution in [2.45, 2.75) is 66.2 Å². The van der Waals surface area contributed by atoms with Gasteiger partial charge in [-0.2, -0.15) is 21.0 Å². The fourth-order valence-electron chi connectivity index (χ4n) is 18.6. The van der Waals surface area contributed by atoms with Gasteiger partial charge in [-0.15, -0.1) is 0 Å². The van der Waals surface area contributed by atoms with E-state index in [1.807, 2.05) is 158 Å². The van der Waals surface area contributed by atoms with Gasteiger partial charge in [0.15, 0.2) is 17.5 Å². The quantitative estimate of drug-likeness (QED) is 0.110. The summed E-state index contributed by atoms with van der Waals surface area (Å²) in [6.07, 6.45) is 0. The topological polar surface area (TPSA) is 157 Å². The van der Waals surface area contributed by atoms with Crippen LogP contribution in [-0.4, -0.2) is 28.7 Å². The van der Waals surface area contributed by atoms with Crippen molar-refractivity contribution in [1.29, 1.82) is 21.0 Å². The smallest absolute Gasteiger partial charge is 0.220 e. The van der Waals surface area contributed by atoms with Crippen molar-refractivity contribution in [1.82, 2.24) is 28.7 Å². The Hall–Kier alpha value is -17.9. The van der Waals surface area contributed by atoms with Crippen LogP contribution in [0.4, 0.5) is 11.4 Å². The molecule has 0 saturated heterocycles. The van der Waals surface area contributed by atoms with Crippen LogP contribution >= 0.6 is 0 Å². The summed E-state index contributed by atoms with van der Waals surface area (Å²) in [5, 5.41) is 48.3. The lowest BCUT2D eigenvalue weighted by Crippen LogP contribution is -2.10. The molecule has 4 aromatic heterocycles. The van der Waals surface area contributed by atoms with E-state index in [-0.39, 0.29) is 22.1 Å². The van der Waals surface area contributed by atoms with Gasteiger partial charge < -0.3 is 13.7 Å². The summed E-state index contributed by atoms with van der Waals surface area (Å²) < 4.78 is 6.46. The number of hydrogen-bond acceptors (Lipinski definition) is 7. The van der Waals surface area contributed by atoms with Gasteiger partial charge in [-0.1, -0.05) is 339 Å². The Kier molecular flexibility index (Phi) is 22.5. The second-order valence-corrected chi connectivity index (χ2v) is 35.2. The summed E-state index contributed by atoms with van der Waals surface area (Å²) in [6, 6.07) is 138. The Balaban J connectivity index is 0.000000131. The van der Waals surface area contributed by atoms with Crippen molar-refractivity contribution in [3.05, 3.63) is 443 Å². The van der Waals surface area contributed by atoms with Gasteiger partial charge in [0, 0.05) is 71.4 Å². The van der Waals surface area contributed by atoms with Crippen molar-refractivity contribution in [3.63, 3.8) is 0 Å². The molecule has 0 saturated carbocycles. The highest BCUT2D eigenvalue weighted by atomic mass is 15.0. The van der Waals surface area contributed by atoms with E-state index in [4.69, 9.17) is 28.1 Å². The van der Waals surface area contributed by atoms with Crippen LogP contribution in [0.15, 0.2) is 376 Å². The lowest BCUT2D eigenvalue weighted by molar-refractivity contribution is 0.590. The summed E-state index contributed by atoms with van der Waals surface area (Å²) in [4.78, 5) is 23.0. The lowest BCUT2D eigenvalue weighted by Gasteiger charge is -2.21. The van der Waals surface area contributed by atoms with Crippen LogP contribution in [-0.2, 0) is 10.8 Å². The van der Waals surface area contributed by atoms with Gasteiger partial charge in [-0.3, -0.25) is 0 Å². The maximum Gasteiger partial charge on any atom is 0.220 e. The summed E-state index contributed by atoms with van der Waals surface area (Å²) in [7, 11) is 0. The highest BCUT2D eigenvalue weighted by Crippen LogP contribution is 2.51. The van der Waals surface area contributed by atoms with Gasteiger partial charge in [0.2, 0.25) is 11.4 Å². The molecule has 0 aliphatic heterocycles. The Morgan fingerprint density at radius 3 is 1.04 bits per heavy atom. The molecule has 4 heterocycles. The van der Waals surface area contributed by atoms with Crippen molar-refractivity contribution >= 4 is 76.8 Å². The van der Waals surface area contributed by atoms with E-state index in [1.54, 1.807) is 13.8 Å². The van der Waals surface area contributed by atoms with Gasteiger partial charge in [0.1, 0.15) is 12.1 Å². The van der Waals surface area contributed by atoms with Crippen LogP contribution in [0.2, 0.25) is 0 Å². The molecule has 0 radical (unpaired) electrons. The number of fused-ring (bicyclic) bond motifs is 9. The maximum atomic E-state index is 11.0. The molecule has 12 heteroatoms. The third-order valence-electron chi connectivity index (χ3n) is 25.2. The van der Waals surface area contributed by atoms with E-state index in [9.17, 15) is 21.0 Å². The number of rotatable bonds is 12. The zero-order valence-corrected chi connectivity index (χ0v) is 74.7. The fraction of sp³-hybridized carbons (Fsp3) is 0.0826. The first-order valence-corrected chi connectivity index (χ1v) is 44.2. The number of hydrogen-bond donors (Lipinski definition) is 0. The first-order valence-electron chi connectivity index (χ1n) is 44.2. The molecule has 0 bridgehead atoms. The summed E-state index contributed by atoms with van der Waals surface area (Å²) >= 11 is 0. The second-order valence-electron chi connectivity index (χ2n) is 35.2. The first-order chi connectivity index (χ1) is 64.9. The minimum Gasteiger partial charge on any atom is -0.318 e. The molecule has 0 spiro atoms. The number of benzene rings is 17. The average molecular weight is 1710 g/mol. The van der Waals surface area contributed by atoms with Crippen molar-refractivity contribution in [2.75, 3.05) is 0 Å². The van der Waals surface area contributed by atoms with Crippen molar-refractivity contribution in [2.24, 2.45) is 0 Å². The maximum absolute atomic E-state index is 11.0. The predicted molar refractivity (Wildman–Crippen MR) is 543 cm³/mol. The van der Waals surface area contributed by atoms with E-state index < -0.39 is 0 Å². The highest BCUT2D eigenvalue weighted by Gasteiger charge is 2.32. The monoisotopic (exact) mass is 1710 g/mol. The minimum atomic E-state index is -0.0225. The normalized spacial score (nSPS) is 11.3. The molecular weight excluding hydrogens is 1620 g/mol. The molecule has 0 atom stereocenters. The Bertz CT molecular complexity index is 8100. The second kappa shape index (κ2) is 35.4. The van der Waals surface area contributed by atoms with Gasteiger partial charge in [-0.05, 0) is 181 Å². The van der Waals surface area contributed by atoms with Crippen molar-refractivity contribution in [3.8, 4) is 142 Å². The summed E-state index contributed by atoms with van der Waals surface area (Å²) in [5.41, 5.74) is 28.0. The minimum absolute atomic E-state index is 0.0225. The molecule has 12 nitrogen and oxygen atoms in total. The standard InChI is InChI=1S/C45H30N4.C45H26N4.C31H30N4/c1-4-16-31(17-5-1)43-46-44(32-18-6-2-7-19-32)48-45(47-43)39-26-13-12-24-37(39)36-23-11-10-22-35(36)33-28-29-42-40(30-33)38-25-14-15-27-41(38)49(42)34-20-8-3-9-21-34;1-48-44-43(33-20-12-5-13-21-33)38(28-46)42(32-18-10-4-11-19-32)39(29-47)45(44)49-40-24-22-34(30-14-6-2-7-15-30)26-36(40)37-27-35(23-25-41(37)49)31-16-8-3-9-17-31;1-18-24(16-32)19(2)28(34-9)29(25(18)17-33)35-26-12-10-20(30(3,4)5)14-22(26)23-15-21(31(6,7)8)11-13-27(23)35/h1-30H;2-27H;10-15H,1-8H3. The van der Waals surface area contributed by atoms with Crippen LogP contribution < -0.4 is 0 Å². The van der Waals surface area contributed by atoms with Crippen molar-refractivity contribution < 1.29 is 0 Å². The molecule has 133 heavy (non-hydrogen) atoms. The summed E-state index contributed by atoms with van der Waals surface area (Å²) in [6.45, 7) is 33.4. The van der Waals surface area contributed by atoms with Gasteiger partial charge >= 0.3 is 0 Å². The molecule has 0 aliphatic rings. The molecule has 0 N–H and O–H groups in total. The Labute approximate surface area is 773 Å². The molecule has 0 aliphatic carbocycles. The summed E-state index contributed by atoms with van der Waals surface area (Å²) in [5.74, 6) is 1.93. The van der Waals surface area contributed by atoms with E-state index in [0.29, 0.717) is 73.5 Å². The number of nitrogens with zero attached hydrogens (tertiary/aromatic N) is 12. The van der Waals surface area contributed by atoms with Crippen LogP contribution in [0.1, 0.15) is 86.1 Å². The molecule has 21 aromatic rings. The molecular formula is C121H86N12. The first kappa shape index (κ1) is 84.6. The number of nitriles is 4. The van der Waals surface area contributed by atoms with Gasteiger partial charge in [0.05, 0.1) is 86.4 Å². The lowest BCUT2D eigenvalue weighted by atomic mass is 9.85. The van der Waals surface area contributed by atoms with Crippen LogP contribution in [0.5, 0.6) is 0 Å². The molecule has 0 unspecified atom stereocenters. The molecule has 0 amide bonds. The third kappa shape index (κ3) is 15.5. The van der Waals surface area contributed by atoms with Gasteiger partial charge in [0.25, 0.3) is 0 Å². The average Bonchev–Trinajstić information content (AvgIpc) is 1.55. The van der Waals surface area contributed by atoms with Crippen LogP contribution in [0.25, 0.3) is 193 Å². The van der Waals surface area contributed by atoms with Crippen LogP contribution in [0.3, 0.4) is 0 Å². The highest BCUT2D eigenvalue weighted by molar-refractivity contribution is 6.15. The SMILES string of the molecule is [C-]#[N+]c1c(-c2ccccc2)c(C#N)c(-c2ccccc2)c(C#N)c1-n1c2ccc(-c3ccccc3)cc2c2cc(-c3ccccc3)ccc21.[C-]#[N+]c1c(C)c(C#N)c(C)c(C#N)c1-n1c2ccc(C(C)(C)C)cc2c2cc(C(C)(C)C)ccc21.c1ccc(-c2nc(-c3ccccc3)nc(-c3ccccc3-c3ccccc3-c3ccc4c(c3)c3ccccc3n4-c3ccccc3)n2)cc1. The Morgan fingerprint density at radius 2 is 0.586 bits per heavy atom. The predicted octanol–water partition coefficient (Wildman–Crippen LogP) is 31.3. The van der Waals surface area contributed by atoms with E-state index in [2.05, 4.69) is 308 Å². The Morgan fingerprint density at radius 1 is 0.256 bits per heavy atom. The zero-order chi connectivity index (χ0) is 91.8. The third-order valence-corrected chi connectivity index (χ3v) is 25.2. The van der Waals surface area contributed by atoms with Gasteiger partial charge in [-0.25, -0.2) is 24.6 Å². The number of aromatic nitrogens is 6. The molecule has 21 rings (SSSR count). The van der Waals surface area contributed by atoms with E-state index in [1.165, 1.54) is 32.9 Å². The largest absolute Gasteiger partial charge is 0.318 e. The zero-order valence-electron chi connectivity index (χ0n) is 74.7. The van der Waals surface area contributed by atoms with E-state index in [0.717, 1.165) is 122 Å². The van der Waals surface area contributed by atoms with E-state index >= 15 is 0 Å². The molecule has 0 fully saturated rings. The fourth-order valence-corrected chi connectivity index (χ4v) is 18.6. The molecule has 17 aromatic carbocycles.